The van der Waals surface area contributed by atoms with Crippen molar-refractivity contribution in [3.8, 4) is 16.9 Å². The van der Waals surface area contributed by atoms with Crippen LogP contribution in [-0.2, 0) is 11.3 Å². The van der Waals surface area contributed by atoms with Crippen molar-refractivity contribution >= 4 is 5.91 Å². The molecule has 4 heteroatoms. The lowest BCUT2D eigenvalue weighted by molar-refractivity contribution is -0.125. The van der Waals surface area contributed by atoms with Gasteiger partial charge >= 0.3 is 0 Å². The third-order valence-corrected chi connectivity index (χ3v) is 5.14. The first-order chi connectivity index (χ1) is 13.0. The van der Waals surface area contributed by atoms with E-state index in [9.17, 15) is 4.79 Å². The largest absolute Gasteiger partial charge is 0.497 e. The van der Waals surface area contributed by atoms with Crippen LogP contribution in [-0.4, -0.2) is 37.0 Å². The van der Waals surface area contributed by atoms with Crippen molar-refractivity contribution in [3.63, 3.8) is 0 Å². The number of rotatable bonds is 6. The Morgan fingerprint density at radius 2 is 1.96 bits per heavy atom. The Kier molecular flexibility index (Phi) is 6.51. The molecule has 1 aliphatic rings. The number of ether oxygens (including phenoxy) is 1. The molecule has 1 unspecified atom stereocenters. The smallest absolute Gasteiger partial charge is 0.222 e. The summed E-state index contributed by atoms with van der Waals surface area (Å²) in [6.07, 6.45) is 2.20. The first kappa shape index (κ1) is 19.4. The number of piperidine rings is 1. The fraction of sp³-hybridized carbons (Fsp3) is 0.435. The van der Waals surface area contributed by atoms with Crippen molar-refractivity contribution in [2.45, 2.75) is 39.3 Å². The van der Waals surface area contributed by atoms with Gasteiger partial charge in [-0.3, -0.25) is 9.69 Å². The Balaban J connectivity index is 1.60. The molecule has 1 fully saturated rings. The minimum atomic E-state index is 0.0459. The van der Waals surface area contributed by atoms with Crippen LogP contribution in [0.25, 0.3) is 11.1 Å². The Hall–Kier alpha value is -2.33. The first-order valence-electron chi connectivity index (χ1n) is 9.81. The summed E-state index contributed by atoms with van der Waals surface area (Å²) in [5, 5.41) is 3.18. The second-order valence-corrected chi connectivity index (χ2v) is 7.67. The zero-order valence-electron chi connectivity index (χ0n) is 16.6. The zero-order valence-corrected chi connectivity index (χ0v) is 16.6. The maximum absolute atomic E-state index is 12.0. The highest BCUT2D eigenvalue weighted by Gasteiger charge is 2.22. The van der Waals surface area contributed by atoms with Gasteiger partial charge in [-0.05, 0) is 48.2 Å². The highest BCUT2D eigenvalue weighted by atomic mass is 16.5. The molecular weight excluding hydrogens is 336 g/mol. The summed E-state index contributed by atoms with van der Waals surface area (Å²) in [4.78, 5) is 14.4. The van der Waals surface area contributed by atoms with Gasteiger partial charge in [0.15, 0.2) is 0 Å². The van der Waals surface area contributed by atoms with E-state index in [4.69, 9.17) is 4.74 Å². The summed E-state index contributed by atoms with van der Waals surface area (Å²) in [6.45, 7) is 6.83. The highest BCUT2D eigenvalue weighted by molar-refractivity contribution is 5.78. The van der Waals surface area contributed by atoms with E-state index >= 15 is 0 Å². The highest BCUT2D eigenvalue weighted by Crippen LogP contribution is 2.24. The average molecular weight is 367 g/mol. The van der Waals surface area contributed by atoms with E-state index in [0.29, 0.717) is 0 Å². The number of nitrogens with one attached hydrogen (secondary N) is 1. The third kappa shape index (κ3) is 5.33. The Bertz CT molecular complexity index is 755. The number of methoxy groups -OCH3 is 1. The fourth-order valence-electron chi connectivity index (χ4n) is 3.55. The lowest BCUT2D eigenvalue weighted by atomic mass is 10.0. The van der Waals surface area contributed by atoms with Crippen molar-refractivity contribution < 1.29 is 9.53 Å². The van der Waals surface area contributed by atoms with Crippen LogP contribution in [0.15, 0.2) is 48.5 Å². The number of amides is 1. The van der Waals surface area contributed by atoms with Gasteiger partial charge in [-0.15, -0.1) is 0 Å². The predicted molar refractivity (Wildman–Crippen MR) is 110 cm³/mol. The van der Waals surface area contributed by atoms with Crippen LogP contribution in [0.2, 0.25) is 0 Å². The topological polar surface area (TPSA) is 41.6 Å². The van der Waals surface area contributed by atoms with Gasteiger partial charge in [0.2, 0.25) is 5.91 Å². The number of likely N-dealkylation sites (tertiary alicyclic amines) is 1. The summed E-state index contributed by atoms with van der Waals surface area (Å²) in [6, 6.07) is 17.1. The molecule has 0 radical (unpaired) electrons. The van der Waals surface area contributed by atoms with Crippen molar-refractivity contribution in [1.29, 1.82) is 0 Å². The molecule has 1 heterocycles. The minimum Gasteiger partial charge on any atom is -0.497 e. The molecule has 27 heavy (non-hydrogen) atoms. The molecule has 2 aromatic rings. The number of hydrogen-bond acceptors (Lipinski definition) is 3. The van der Waals surface area contributed by atoms with Crippen LogP contribution in [0.1, 0.15) is 32.3 Å². The number of hydrogen-bond donors (Lipinski definition) is 1. The molecule has 0 spiro atoms. The first-order valence-corrected chi connectivity index (χ1v) is 9.81. The van der Waals surface area contributed by atoms with E-state index in [-0.39, 0.29) is 17.9 Å². The van der Waals surface area contributed by atoms with Crippen LogP contribution in [0.4, 0.5) is 0 Å². The monoisotopic (exact) mass is 366 g/mol. The van der Waals surface area contributed by atoms with Crippen LogP contribution < -0.4 is 10.1 Å². The number of nitrogens with zero attached hydrogens (tertiary/aromatic N) is 1. The maximum atomic E-state index is 12.0. The molecule has 1 amide bonds. The molecule has 1 aliphatic heterocycles. The Morgan fingerprint density at radius 1 is 1.19 bits per heavy atom. The van der Waals surface area contributed by atoms with Crippen molar-refractivity contribution in [2.75, 3.05) is 20.2 Å². The summed E-state index contributed by atoms with van der Waals surface area (Å²) >= 11 is 0. The molecule has 1 atom stereocenters. The van der Waals surface area contributed by atoms with Crippen molar-refractivity contribution in [3.05, 3.63) is 54.1 Å². The maximum Gasteiger partial charge on any atom is 0.222 e. The molecule has 0 aliphatic carbocycles. The van der Waals surface area contributed by atoms with Crippen LogP contribution in [0.5, 0.6) is 5.75 Å². The summed E-state index contributed by atoms with van der Waals surface area (Å²) in [5.74, 6) is 1.08. The Labute approximate surface area is 162 Å². The van der Waals surface area contributed by atoms with E-state index in [1.165, 1.54) is 11.1 Å². The number of carbonyl (C=O) groups is 1. The summed E-state index contributed by atoms with van der Waals surface area (Å²) < 4.78 is 5.32. The Morgan fingerprint density at radius 3 is 2.67 bits per heavy atom. The van der Waals surface area contributed by atoms with E-state index in [2.05, 4.69) is 46.6 Å². The van der Waals surface area contributed by atoms with Gasteiger partial charge in [-0.2, -0.15) is 0 Å². The molecule has 4 nitrogen and oxygen atoms in total. The molecule has 2 aromatic carbocycles. The van der Waals surface area contributed by atoms with Crippen LogP contribution in [0.3, 0.4) is 0 Å². The van der Waals surface area contributed by atoms with Gasteiger partial charge in [0, 0.05) is 25.0 Å². The SMILES string of the molecule is COc1cccc(-c2ccc(CN3CCCC(NC(=O)C(C)C)C3)cc2)c1. The van der Waals surface area contributed by atoms with Gasteiger partial charge in [0.1, 0.15) is 5.75 Å². The third-order valence-electron chi connectivity index (χ3n) is 5.14. The van der Waals surface area contributed by atoms with Crippen LogP contribution >= 0.6 is 0 Å². The van der Waals surface area contributed by atoms with Gasteiger partial charge < -0.3 is 10.1 Å². The summed E-state index contributed by atoms with van der Waals surface area (Å²) in [7, 11) is 1.69. The quantitative estimate of drug-likeness (QED) is 0.837. The normalized spacial score (nSPS) is 17.7. The van der Waals surface area contributed by atoms with E-state index in [1.807, 2.05) is 26.0 Å². The lowest BCUT2D eigenvalue weighted by Crippen LogP contribution is -2.48. The zero-order chi connectivity index (χ0) is 19.2. The second-order valence-electron chi connectivity index (χ2n) is 7.67. The molecule has 0 saturated carbocycles. The number of carbonyl (C=O) groups excluding carboxylic acids is 1. The average Bonchev–Trinajstić information content (AvgIpc) is 2.69. The van der Waals surface area contributed by atoms with Crippen molar-refractivity contribution in [2.24, 2.45) is 5.92 Å². The fourth-order valence-corrected chi connectivity index (χ4v) is 3.55. The predicted octanol–water partition coefficient (Wildman–Crippen LogP) is 4.10. The standard InChI is InChI=1S/C23H30N2O2/c1-17(2)23(26)24-21-7-5-13-25(16-21)15-18-9-11-19(12-10-18)20-6-4-8-22(14-20)27-3/h4,6,8-12,14,17,21H,5,7,13,15-16H2,1-3H3,(H,24,26). The van der Waals surface area contributed by atoms with E-state index < -0.39 is 0 Å². The molecule has 0 bridgehead atoms. The molecule has 3 rings (SSSR count). The number of benzene rings is 2. The molecule has 0 aromatic heterocycles. The minimum absolute atomic E-state index is 0.0459. The van der Waals surface area contributed by atoms with Gasteiger partial charge in [-0.25, -0.2) is 0 Å². The molecular formula is C23H30N2O2. The second kappa shape index (κ2) is 9.05. The van der Waals surface area contributed by atoms with E-state index in [1.54, 1.807) is 7.11 Å². The summed E-state index contributed by atoms with van der Waals surface area (Å²) in [5.41, 5.74) is 3.66. The molecule has 1 saturated heterocycles. The van der Waals surface area contributed by atoms with E-state index in [0.717, 1.165) is 43.8 Å². The van der Waals surface area contributed by atoms with Gasteiger partial charge in [0.25, 0.3) is 0 Å². The lowest BCUT2D eigenvalue weighted by Gasteiger charge is -2.33. The van der Waals surface area contributed by atoms with Crippen molar-refractivity contribution in [1.82, 2.24) is 10.2 Å². The molecule has 144 valence electrons. The van der Waals surface area contributed by atoms with Gasteiger partial charge in [0.05, 0.1) is 7.11 Å². The van der Waals surface area contributed by atoms with Crippen LogP contribution in [0, 0.1) is 5.92 Å². The molecule has 1 N–H and O–H groups in total. The van der Waals surface area contributed by atoms with Gasteiger partial charge in [-0.1, -0.05) is 50.2 Å².